The minimum Gasteiger partial charge on any atom is -0.329 e. The number of rotatable bonds is 9. The number of hydrogen-bond donors (Lipinski definition) is 1. The highest BCUT2D eigenvalue weighted by Crippen LogP contribution is 2.26. The van der Waals surface area contributed by atoms with Crippen molar-refractivity contribution in [3.05, 3.63) is 17.5 Å². The Labute approximate surface area is 124 Å². The molecule has 1 rings (SSSR count). The van der Waals surface area contributed by atoms with Crippen LogP contribution in [-0.2, 0) is 13.5 Å². The largest absolute Gasteiger partial charge is 0.329 e. The average Bonchev–Trinajstić information content (AvgIpc) is 2.83. The molecule has 0 aliphatic heterocycles. The summed E-state index contributed by atoms with van der Waals surface area (Å²) in [5, 5.41) is 4.58. The normalized spacial score (nSPS) is 14.8. The molecule has 2 N–H and O–H groups in total. The molecule has 2 unspecified atom stereocenters. The van der Waals surface area contributed by atoms with E-state index in [9.17, 15) is 0 Å². The number of aryl methyl sites for hydroxylation is 2. The van der Waals surface area contributed by atoms with Crippen molar-refractivity contribution in [2.24, 2.45) is 12.8 Å². The maximum Gasteiger partial charge on any atom is 0.0670 e. The van der Waals surface area contributed by atoms with E-state index in [1.807, 2.05) is 11.7 Å². The van der Waals surface area contributed by atoms with Gasteiger partial charge in [-0.1, -0.05) is 27.2 Å². The summed E-state index contributed by atoms with van der Waals surface area (Å²) in [6.45, 7) is 10.7. The van der Waals surface area contributed by atoms with Gasteiger partial charge in [0.1, 0.15) is 0 Å². The topological polar surface area (TPSA) is 47.1 Å². The molecule has 4 nitrogen and oxygen atoms in total. The third-order valence-electron chi connectivity index (χ3n) is 4.18. The molecule has 0 aliphatic carbocycles. The van der Waals surface area contributed by atoms with Crippen LogP contribution in [0.15, 0.2) is 6.20 Å². The second-order valence-electron chi connectivity index (χ2n) is 5.66. The highest BCUT2D eigenvalue weighted by atomic mass is 15.3. The molecular weight excluding hydrogens is 248 g/mol. The second-order valence-corrected chi connectivity index (χ2v) is 5.66. The number of aromatic nitrogens is 2. The summed E-state index contributed by atoms with van der Waals surface area (Å²) in [5.41, 5.74) is 8.63. The van der Waals surface area contributed by atoms with Gasteiger partial charge < -0.3 is 5.73 Å². The number of hydrogen-bond acceptors (Lipinski definition) is 3. The first-order valence-electron chi connectivity index (χ1n) is 8.07. The fourth-order valence-electron chi connectivity index (χ4n) is 2.81. The van der Waals surface area contributed by atoms with Gasteiger partial charge in [0.25, 0.3) is 0 Å². The smallest absolute Gasteiger partial charge is 0.0670 e. The Morgan fingerprint density at radius 1 is 1.35 bits per heavy atom. The van der Waals surface area contributed by atoms with E-state index in [0.717, 1.165) is 19.4 Å². The van der Waals surface area contributed by atoms with Crippen molar-refractivity contribution in [3.8, 4) is 0 Å². The van der Waals surface area contributed by atoms with Crippen LogP contribution in [0.25, 0.3) is 0 Å². The van der Waals surface area contributed by atoms with Gasteiger partial charge in [0, 0.05) is 31.4 Å². The molecule has 2 atom stereocenters. The molecule has 0 bridgehead atoms. The Bertz CT molecular complexity index is 386. The van der Waals surface area contributed by atoms with Crippen molar-refractivity contribution >= 4 is 0 Å². The molecular formula is C16H32N4. The lowest BCUT2D eigenvalue weighted by Gasteiger charge is -2.35. The van der Waals surface area contributed by atoms with Crippen LogP contribution < -0.4 is 5.73 Å². The molecule has 1 aromatic rings. The summed E-state index contributed by atoms with van der Waals surface area (Å²) < 4.78 is 1.92. The Morgan fingerprint density at radius 3 is 2.55 bits per heavy atom. The van der Waals surface area contributed by atoms with Crippen molar-refractivity contribution < 1.29 is 0 Å². The zero-order valence-electron chi connectivity index (χ0n) is 13.9. The number of nitrogens with two attached hydrogens (primary N) is 1. The third-order valence-corrected chi connectivity index (χ3v) is 4.18. The minimum absolute atomic E-state index is 0.292. The maximum absolute atomic E-state index is 6.12. The summed E-state index contributed by atoms with van der Waals surface area (Å²) in [7, 11) is 2.00. The maximum atomic E-state index is 6.12. The Balaban J connectivity index is 3.04. The molecule has 0 aromatic carbocycles. The molecule has 1 aromatic heterocycles. The first kappa shape index (κ1) is 17.2. The van der Waals surface area contributed by atoms with E-state index < -0.39 is 0 Å². The zero-order chi connectivity index (χ0) is 15.1. The summed E-state index contributed by atoms with van der Waals surface area (Å²) in [5.74, 6) is 0. The monoisotopic (exact) mass is 280 g/mol. The molecule has 0 amide bonds. The molecule has 116 valence electrons. The fourth-order valence-corrected chi connectivity index (χ4v) is 2.81. The predicted octanol–water partition coefficient (Wildman–Crippen LogP) is 2.88. The Hall–Kier alpha value is -0.870. The Kier molecular flexibility index (Phi) is 7.24. The molecule has 0 radical (unpaired) electrons. The third kappa shape index (κ3) is 4.06. The van der Waals surface area contributed by atoms with Crippen LogP contribution in [0.1, 0.15) is 64.3 Å². The number of unbranched alkanes of at least 4 members (excludes halogenated alkanes) is 1. The van der Waals surface area contributed by atoms with Crippen LogP contribution in [0.2, 0.25) is 0 Å². The van der Waals surface area contributed by atoms with Crippen molar-refractivity contribution in [3.63, 3.8) is 0 Å². The van der Waals surface area contributed by atoms with Crippen molar-refractivity contribution in [1.82, 2.24) is 14.7 Å². The summed E-state index contributed by atoms with van der Waals surface area (Å²) in [6, 6.07) is 0.847. The Morgan fingerprint density at radius 2 is 2.05 bits per heavy atom. The van der Waals surface area contributed by atoms with E-state index in [1.165, 1.54) is 24.1 Å². The van der Waals surface area contributed by atoms with Gasteiger partial charge in [-0.05, 0) is 32.7 Å². The molecule has 0 saturated heterocycles. The van der Waals surface area contributed by atoms with Gasteiger partial charge in [0.2, 0.25) is 0 Å². The molecule has 4 heteroatoms. The van der Waals surface area contributed by atoms with Gasteiger partial charge in [-0.3, -0.25) is 9.58 Å². The van der Waals surface area contributed by atoms with Gasteiger partial charge >= 0.3 is 0 Å². The SMILES string of the molecule is CCCCN(C(C)CC)C(CN)c1cn(C)nc1CC. The highest BCUT2D eigenvalue weighted by Gasteiger charge is 2.25. The lowest BCUT2D eigenvalue weighted by atomic mass is 10.0. The van der Waals surface area contributed by atoms with Gasteiger partial charge in [-0.15, -0.1) is 0 Å². The quantitative estimate of drug-likeness (QED) is 0.756. The standard InChI is InChI=1S/C16H32N4/c1-6-9-10-20(13(4)7-2)16(11-17)14-12-19(5)18-15(14)8-3/h12-13,16H,6-11,17H2,1-5H3. The van der Waals surface area contributed by atoms with Gasteiger partial charge in [-0.2, -0.15) is 5.10 Å². The zero-order valence-corrected chi connectivity index (χ0v) is 13.9. The van der Waals surface area contributed by atoms with Gasteiger partial charge in [-0.25, -0.2) is 0 Å². The van der Waals surface area contributed by atoms with E-state index >= 15 is 0 Å². The van der Waals surface area contributed by atoms with Gasteiger partial charge in [0.15, 0.2) is 0 Å². The van der Waals surface area contributed by atoms with E-state index in [1.54, 1.807) is 0 Å². The molecule has 0 spiro atoms. The van der Waals surface area contributed by atoms with Crippen molar-refractivity contribution in [1.29, 1.82) is 0 Å². The molecule has 0 saturated carbocycles. The predicted molar refractivity (Wildman–Crippen MR) is 85.7 cm³/mol. The average molecular weight is 280 g/mol. The molecule has 20 heavy (non-hydrogen) atoms. The molecule has 0 fully saturated rings. The molecule has 0 aliphatic rings. The van der Waals surface area contributed by atoms with Gasteiger partial charge in [0.05, 0.1) is 11.7 Å². The van der Waals surface area contributed by atoms with Crippen LogP contribution >= 0.6 is 0 Å². The summed E-state index contributed by atoms with van der Waals surface area (Å²) in [4.78, 5) is 2.57. The van der Waals surface area contributed by atoms with Crippen LogP contribution in [-0.4, -0.2) is 33.8 Å². The first-order chi connectivity index (χ1) is 9.58. The van der Waals surface area contributed by atoms with E-state index in [-0.39, 0.29) is 0 Å². The summed E-state index contributed by atoms with van der Waals surface area (Å²) >= 11 is 0. The van der Waals surface area contributed by atoms with Crippen LogP contribution in [0.3, 0.4) is 0 Å². The first-order valence-corrected chi connectivity index (χ1v) is 8.07. The fraction of sp³-hybridized carbons (Fsp3) is 0.812. The van der Waals surface area contributed by atoms with Crippen LogP contribution in [0.5, 0.6) is 0 Å². The van der Waals surface area contributed by atoms with Crippen LogP contribution in [0, 0.1) is 0 Å². The van der Waals surface area contributed by atoms with E-state index in [2.05, 4.69) is 43.9 Å². The van der Waals surface area contributed by atoms with Crippen LogP contribution in [0.4, 0.5) is 0 Å². The second kappa shape index (κ2) is 8.42. The summed E-state index contributed by atoms with van der Waals surface area (Å²) in [6.07, 6.45) is 6.72. The number of nitrogens with zero attached hydrogens (tertiary/aromatic N) is 3. The highest BCUT2D eigenvalue weighted by molar-refractivity contribution is 5.22. The van der Waals surface area contributed by atoms with Crippen molar-refractivity contribution in [2.75, 3.05) is 13.1 Å². The van der Waals surface area contributed by atoms with Crippen molar-refractivity contribution in [2.45, 2.75) is 65.5 Å². The lowest BCUT2D eigenvalue weighted by Crippen LogP contribution is -2.40. The lowest BCUT2D eigenvalue weighted by molar-refractivity contribution is 0.140. The van der Waals surface area contributed by atoms with E-state index in [4.69, 9.17) is 5.73 Å². The van der Waals surface area contributed by atoms with E-state index in [0.29, 0.717) is 18.6 Å². The minimum atomic E-state index is 0.292. The molecule has 1 heterocycles.